The molecular formula is C8H10N2O2. The summed E-state index contributed by atoms with van der Waals surface area (Å²) in [6.07, 6.45) is 0.994. The first-order chi connectivity index (χ1) is 5.61. The van der Waals surface area contributed by atoms with E-state index in [9.17, 15) is 9.59 Å². The Balaban J connectivity index is 4.42. The minimum absolute atomic E-state index is 0.0693. The molecule has 0 saturated carbocycles. The molecule has 0 bridgehead atoms. The Labute approximate surface area is 70.7 Å². The molecule has 0 heterocycles. The molecule has 0 aromatic heterocycles. The van der Waals surface area contributed by atoms with Gasteiger partial charge in [0.1, 0.15) is 5.78 Å². The average Bonchev–Trinajstić information content (AvgIpc) is 1.98. The molecule has 0 aliphatic carbocycles. The topological polar surface area (TPSA) is 58.9 Å². The molecule has 0 unspecified atom stereocenters. The van der Waals surface area contributed by atoms with Crippen LogP contribution in [0.4, 0.5) is 0 Å². The first-order valence-corrected chi connectivity index (χ1v) is 3.30. The lowest BCUT2D eigenvalue weighted by molar-refractivity contribution is -0.122. The minimum atomic E-state index is -0.433. The first kappa shape index (κ1) is 10.4. The molecule has 0 atom stereocenters. The minimum Gasteiger partial charge on any atom is -0.300 e. The standard InChI is InChI=1S/C8H10N2O2/c1-4-10-8(9-3)7(12)5-6(2)11/h4H,1,3,5H2,2H3. The van der Waals surface area contributed by atoms with E-state index in [0.717, 1.165) is 0 Å². The van der Waals surface area contributed by atoms with Gasteiger partial charge >= 0.3 is 0 Å². The molecule has 0 aliphatic rings. The Hall–Kier alpha value is -1.58. The maximum atomic E-state index is 11.0. The van der Waals surface area contributed by atoms with Gasteiger partial charge in [-0.2, -0.15) is 0 Å². The molecule has 0 rings (SSSR count). The summed E-state index contributed by atoms with van der Waals surface area (Å²) < 4.78 is 0. The van der Waals surface area contributed by atoms with Crippen molar-refractivity contribution in [3.63, 3.8) is 0 Å². The van der Waals surface area contributed by atoms with Crippen LogP contribution in [-0.2, 0) is 9.59 Å². The largest absolute Gasteiger partial charge is 0.300 e. The SMILES string of the molecule is C=CN=C(N=C)C(=O)CC(C)=O. The van der Waals surface area contributed by atoms with Crippen LogP contribution in [0.3, 0.4) is 0 Å². The van der Waals surface area contributed by atoms with Gasteiger partial charge in [0.05, 0.1) is 6.42 Å². The second kappa shape index (κ2) is 5.12. The molecule has 0 aliphatic heterocycles. The fourth-order valence-electron chi connectivity index (χ4n) is 0.593. The zero-order valence-electron chi connectivity index (χ0n) is 6.91. The van der Waals surface area contributed by atoms with E-state index < -0.39 is 5.78 Å². The molecule has 4 nitrogen and oxygen atoms in total. The van der Waals surface area contributed by atoms with Crippen molar-refractivity contribution in [1.29, 1.82) is 0 Å². The summed E-state index contributed by atoms with van der Waals surface area (Å²) in [4.78, 5) is 28.5. The summed E-state index contributed by atoms with van der Waals surface area (Å²) in [6, 6.07) is 0. The fraction of sp³-hybridized carbons (Fsp3) is 0.250. The number of aliphatic imine (C=N–C) groups is 2. The Morgan fingerprint density at radius 3 is 2.42 bits per heavy atom. The van der Waals surface area contributed by atoms with E-state index in [1.807, 2.05) is 0 Å². The lowest BCUT2D eigenvalue weighted by atomic mass is 10.2. The Morgan fingerprint density at radius 1 is 1.50 bits per heavy atom. The fourth-order valence-corrected chi connectivity index (χ4v) is 0.593. The van der Waals surface area contributed by atoms with Gasteiger partial charge in [-0.15, -0.1) is 0 Å². The summed E-state index contributed by atoms with van der Waals surface area (Å²) in [6.45, 7) is 7.77. The van der Waals surface area contributed by atoms with Crippen LogP contribution in [0, 0.1) is 0 Å². The Bertz CT molecular complexity index is 254. The highest BCUT2D eigenvalue weighted by Gasteiger charge is 2.10. The maximum absolute atomic E-state index is 11.0. The highest BCUT2D eigenvalue weighted by molar-refractivity contribution is 6.42. The van der Waals surface area contributed by atoms with Crippen LogP contribution in [0.2, 0.25) is 0 Å². The molecular weight excluding hydrogens is 156 g/mol. The number of carbonyl (C=O) groups is 2. The zero-order valence-corrected chi connectivity index (χ0v) is 6.91. The Morgan fingerprint density at radius 2 is 2.08 bits per heavy atom. The number of rotatable bonds is 4. The van der Waals surface area contributed by atoms with E-state index in [-0.39, 0.29) is 18.0 Å². The van der Waals surface area contributed by atoms with Gasteiger partial charge in [-0.25, -0.2) is 9.98 Å². The molecule has 0 radical (unpaired) electrons. The van der Waals surface area contributed by atoms with Crippen LogP contribution in [0.5, 0.6) is 0 Å². The third kappa shape index (κ3) is 3.55. The molecule has 0 N–H and O–H groups in total. The van der Waals surface area contributed by atoms with Crippen molar-refractivity contribution in [3.05, 3.63) is 12.8 Å². The van der Waals surface area contributed by atoms with Crippen molar-refractivity contribution < 1.29 is 9.59 Å². The van der Waals surface area contributed by atoms with Gasteiger partial charge in [-0.1, -0.05) is 6.58 Å². The quantitative estimate of drug-likeness (QED) is 0.352. The molecule has 4 heteroatoms. The van der Waals surface area contributed by atoms with E-state index in [0.29, 0.717) is 0 Å². The summed E-state index contributed by atoms with van der Waals surface area (Å²) in [5.41, 5.74) is 0. The average molecular weight is 166 g/mol. The van der Waals surface area contributed by atoms with Gasteiger partial charge < -0.3 is 0 Å². The van der Waals surface area contributed by atoms with E-state index in [1.165, 1.54) is 13.1 Å². The third-order valence-electron chi connectivity index (χ3n) is 1.02. The van der Waals surface area contributed by atoms with Gasteiger partial charge in [0.25, 0.3) is 0 Å². The van der Waals surface area contributed by atoms with E-state index in [2.05, 4.69) is 23.3 Å². The Kier molecular flexibility index (Phi) is 4.45. The van der Waals surface area contributed by atoms with Crippen molar-refractivity contribution in [2.24, 2.45) is 9.98 Å². The number of carbonyl (C=O) groups excluding carboxylic acids is 2. The lowest BCUT2D eigenvalue weighted by Crippen LogP contribution is -2.14. The molecule has 0 amide bonds. The smallest absolute Gasteiger partial charge is 0.207 e. The van der Waals surface area contributed by atoms with Crippen molar-refractivity contribution in [2.75, 3.05) is 0 Å². The highest BCUT2D eigenvalue weighted by atomic mass is 16.1. The van der Waals surface area contributed by atoms with Gasteiger partial charge in [0.2, 0.25) is 5.78 Å². The molecule has 0 aromatic rings. The van der Waals surface area contributed by atoms with Crippen molar-refractivity contribution in [3.8, 4) is 0 Å². The molecule has 0 spiro atoms. The predicted octanol–water partition coefficient (Wildman–Crippen LogP) is 0.777. The van der Waals surface area contributed by atoms with E-state index in [1.54, 1.807) is 0 Å². The molecule has 0 fully saturated rings. The summed E-state index contributed by atoms with van der Waals surface area (Å²) >= 11 is 0. The number of amidine groups is 1. The monoisotopic (exact) mass is 166 g/mol. The number of ketones is 2. The number of hydrogen-bond donors (Lipinski definition) is 0. The predicted molar refractivity (Wildman–Crippen MR) is 47.5 cm³/mol. The summed E-state index contributed by atoms with van der Waals surface area (Å²) in [5, 5.41) is 0. The molecule has 12 heavy (non-hydrogen) atoms. The van der Waals surface area contributed by atoms with Crippen LogP contribution in [0.1, 0.15) is 13.3 Å². The lowest BCUT2D eigenvalue weighted by Gasteiger charge is -1.94. The molecule has 0 saturated heterocycles. The van der Waals surface area contributed by atoms with E-state index in [4.69, 9.17) is 0 Å². The number of nitrogens with zero attached hydrogens (tertiary/aromatic N) is 2. The van der Waals surface area contributed by atoms with Gasteiger partial charge in [0, 0.05) is 6.20 Å². The molecule has 0 aromatic carbocycles. The second-order valence-electron chi connectivity index (χ2n) is 2.10. The van der Waals surface area contributed by atoms with Gasteiger partial charge in [0.15, 0.2) is 5.84 Å². The number of hydrogen-bond acceptors (Lipinski definition) is 3. The van der Waals surface area contributed by atoms with Crippen molar-refractivity contribution in [1.82, 2.24) is 0 Å². The van der Waals surface area contributed by atoms with Crippen LogP contribution in [0.25, 0.3) is 0 Å². The molecule has 64 valence electrons. The second-order valence-corrected chi connectivity index (χ2v) is 2.10. The van der Waals surface area contributed by atoms with Gasteiger partial charge in [-0.3, -0.25) is 9.59 Å². The van der Waals surface area contributed by atoms with Gasteiger partial charge in [-0.05, 0) is 13.6 Å². The van der Waals surface area contributed by atoms with E-state index >= 15 is 0 Å². The highest BCUT2D eigenvalue weighted by Crippen LogP contribution is 1.91. The van der Waals surface area contributed by atoms with Crippen LogP contribution in [-0.4, -0.2) is 24.1 Å². The van der Waals surface area contributed by atoms with Crippen LogP contribution >= 0.6 is 0 Å². The zero-order chi connectivity index (χ0) is 9.56. The van der Waals surface area contributed by atoms with Crippen LogP contribution in [0.15, 0.2) is 22.8 Å². The number of Topliss-reactive ketones (excluding diaryl/α,β-unsaturated/α-hetero) is 2. The van der Waals surface area contributed by atoms with Crippen LogP contribution < -0.4 is 0 Å². The summed E-state index contributed by atoms with van der Waals surface area (Å²) in [7, 11) is 0. The van der Waals surface area contributed by atoms with Crippen molar-refractivity contribution >= 4 is 24.1 Å². The summed E-state index contributed by atoms with van der Waals surface area (Å²) in [5.74, 6) is -0.724. The first-order valence-electron chi connectivity index (χ1n) is 3.30. The normalized spacial score (nSPS) is 10.6. The third-order valence-corrected chi connectivity index (χ3v) is 1.02. The maximum Gasteiger partial charge on any atom is 0.207 e. The van der Waals surface area contributed by atoms with Crippen molar-refractivity contribution in [2.45, 2.75) is 13.3 Å².